The number of methoxy groups -OCH3 is 2. The van der Waals surface area contributed by atoms with Gasteiger partial charge in [-0.25, -0.2) is 0 Å². The van der Waals surface area contributed by atoms with E-state index in [1.165, 1.54) is 7.11 Å². The van der Waals surface area contributed by atoms with Gasteiger partial charge in [0.15, 0.2) is 11.5 Å². The number of nitrogens with one attached hydrogen (secondary N) is 1. The largest absolute Gasteiger partial charge is 0.495 e. The van der Waals surface area contributed by atoms with Gasteiger partial charge < -0.3 is 24.3 Å². The molecule has 0 bridgehead atoms. The lowest BCUT2D eigenvalue weighted by Crippen LogP contribution is -2.37. The molecule has 4 aromatic rings. The lowest BCUT2D eigenvalue weighted by atomic mass is 10.0. The highest BCUT2D eigenvalue weighted by Crippen LogP contribution is 2.42. The third kappa shape index (κ3) is 5.63. The number of rotatable bonds is 9. The van der Waals surface area contributed by atoms with Crippen molar-refractivity contribution < 1.29 is 18.9 Å². The first-order valence-corrected chi connectivity index (χ1v) is 13.3. The van der Waals surface area contributed by atoms with Crippen LogP contribution in [0.5, 0.6) is 17.2 Å². The molecule has 202 valence electrons. The molecule has 0 amide bonds. The Kier molecular flexibility index (Phi) is 8.44. The van der Waals surface area contributed by atoms with Crippen molar-refractivity contribution in [3.63, 3.8) is 0 Å². The van der Waals surface area contributed by atoms with Gasteiger partial charge in [0.25, 0.3) is 0 Å². The van der Waals surface area contributed by atoms with E-state index in [4.69, 9.17) is 42.1 Å². The summed E-state index contributed by atoms with van der Waals surface area (Å²) >= 11 is 12.7. The molecule has 1 fully saturated rings. The summed E-state index contributed by atoms with van der Waals surface area (Å²) in [6.45, 7) is 5.04. The van der Waals surface area contributed by atoms with E-state index >= 15 is 0 Å². The maximum Gasteiger partial charge on any atom is 0.168 e. The molecule has 3 aromatic carbocycles. The zero-order chi connectivity index (χ0) is 27.4. The minimum atomic E-state index is 0.374. The Hall–Kier alpha value is -3.48. The number of halogens is 2. The number of pyridine rings is 1. The molecule has 0 atom stereocenters. The van der Waals surface area contributed by atoms with Crippen LogP contribution in [0.4, 0.5) is 11.4 Å². The van der Waals surface area contributed by atoms with Gasteiger partial charge in [-0.2, -0.15) is 5.26 Å². The molecule has 1 saturated heterocycles. The van der Waals surface area contributed by atoms with Crippen molar-refractivity contribution in [3.8, 4) is 23.3 Å². The fourth-order valence-electron chi connectivity index (χ4n) is 4.78. The Morgan fingerprint density at radius 1 is 1.00 bits per heavy atom. The van der Waals surface area contributed by atoms with Crippen LogP contribution in [0, 0.1) is 11.3 Å². The number of hydrogen-bond donors (Lipinski definition) is 1. The summed E-state index contributed by atoms with van der Waals surface area (Å²) in [4.78, 5) is 7.02. The predicted molar refractivity (Wildman–Crippen MR) is 154 cm³/mol. The number of fused-ring (bicyclic) bond motifs is 3. The standard InChI is InChI=1S/C29H28Cl2N4O4/c1-36-26-15-24(22(30)14-23(26)31)34-27-18(16-32)17-33-28-19-6-7-25(29(37-2)20(19)4-5-21(27)28)39-11-3-8-35-9-12-38-13-10-35/h4-7,14-15,17H,3,8-13H2,1-2H3,(H,33,34). The second-order valence-electron chi connectivity index (χ2n) is 9.06. The number of hydrogen-bond acceptors (Lipinski definition) is 8. The number of nitriles is 1. The van der Waals surface area contributed by atoms with Crippen LogP contribution in [0.2, 0.25) is 10.0 Å². The zero-order valence-electron chi connectivity index (χ0n) is 21.7. The Morgan fingerprint density at radius 2 is 1.77 bits per heavy atom. The molecule has 1 aliphatic heterocycles. The van der Waals surface area contributed by atoms with E-state index < -0.39 is 0 Å². The zero-order valence-corrected chi connectivity index (χ0v) is 23.2. The number of nitrogens with zero attached hydrogens (tertiary/aromatic N) is 3. The fraction of sp³-hybridized carbons (Fsp3) is 0.310. The van der Waals surface area contributed by atoms with Crippen LogP contribution in [0.25, 0.3) is 21.7 Å². The van der Waals surface area contributed by atoms with Crippen molar-refractivity contribution in [3.05, 3.63) is 58.2 Å². The van der Waals surface area contributed by atoms with E-state index in [-0.39, 0.29) is 0 Å². The van der Waals surface area contributed by atoms with Gasteiger partial charge >= 0.3 is 0 Å². The highest BCUT2D eigenvalue weighted by atomic mass is 35.5. The third-order valence-corrected chi connectivity index (χ3v) is 7.36. The van der Waals surface area contributed by atoms with Crippen LogP contribution >= 0.6 is 23.2 Å². The lowest BCUT2D eigenvalue weighted by Gasteiger charge is -2.26. The highest BCUT2D eigenvalue weighted by molar-refractivity contribution is 6.37. The first kappa shape index (κ1) is 27.1. The Labute approximate surface area is 236 Å². The number of benzene rings is 3. The van der Waals surface area contributed by atoms with Crippen molar-refractivity contribution in [2.75, 3.05) is 59.0 Å². The maximum absolute atomic E-state index is 9.83. The molecular weight excluding hydrogens is 539 g/mol. The van der Waals surface area contributed by atoms with E-state index in [1.807, 2.05) is 24.3 Å². The Bertz CT molecular complexity index is 1550. The van der Waals surface area contributed by atoms with Gasteiger partial charge in [-0.1, -0.05) is 23.2 Å². The molecule has 39 heavy (non-hydrogen) atoms. The second kappa shape index (κ2) is 12.1. The summed E-state index contributed by atoms with van der Waals surface area (Å²) in [7, 11) is 3.16. The molecule has 0 radical (unpaired) electrons. The quantitative estimate of drug-likeness (QED) is 0.183. The van der Waals surface area contributed by atoms with E-state index in [1.54, 1.807) is 25.4 Å². The van der Waals surface area contributed by atoms with Crippen molar-refractivity contribution in [2.45, 2.75) is 6.42 Å². The minimum Gasteiger partial charge on any atom is -0.495 e. The van der Waals surface area contributed by atoms with Crippen LogP contribution in [0.15, 0.2) is 42.6 Å². The predicted octanol–water partition coefficient (Wildman–Crippen LogP) is 6.43. The summed E-state index contributed by atoms with van der Waals surface area (Å²) in [5.74, 6) is 1.79. The molecule has 0 unspecified atom stereocenters. The Balaban J connectivity index is 1.47. The van der Waals surface area contributed by atoms with Gasteiger partial charge in [-0.15, -0.1) is 0 Å². The normalized spacial score (nSPS) is 13.8. The summed E-state index contributed by atoms with van der Waals surface area (Å²) in [6.07, 6.45) is 2.46. The Morgan fingerprint density at radius 3 is 2.51 bits per heavy atom. The second-order valence-corrected chi connectivity index (χ2v) is 9.87. The number of morpholine rings is 1. The smallest absolute Gasteiger partial charge is 0.168 e. The number of anilines is 2. The van der Waals surface area contributed by atoms with E-state index in [2.05, 4.69) is 21.3 Å². The maximum atomic E-state index is 9.83. The molecule has 0 aliphatic carbocycles. The lowest BCUT2D eigenvalue weighted by molar-refractivity contribution is 0.0357. The molecule has 10 heteroatoms. The van der Waals surface area contributed by atoms with Crippen LogP contribution in [0.1, 0.15) is 12.0 Å². The van der Waals surface area contributed by atoms with E-state index in [0.717, 1.165) is 55.4 Å². The molecule has 0 saturated carbocycles. The third-order valence-electron chi connectivity index (χ3n) is 6.75. The van der Waals surface area contributed by atoms with Crippen molar-refractivity contribution >= 4 is 56.3 Å². The molecule has 8 nitrogen and oxygen atoms in total. The molecule has 2 heterocycles. The van der Waals surface area contributed by atoms with Crippen molar-refractivity contribution in [2.24, 2.45) is 0 Å². The first-order valence-electron chi connectivity index (χ1n) is 12.6. The summed E-state index contributed by atoms with van der Waals surface area (Å²) in [5.41, 5.74) is 2.22. The SMILES string of the molecule is COc1cc(Nc2c(C#N)cnc3c2ccc2c(OC)c(OCCCN4CCOCC4)ccc23)c(Cl)cc1Cl. The minimum absolute atomic E-state index is 0.374. The molecule has 1 aliphatic rings. The van der Waals surface area contributed by atoms with Crippen LogP contribution in [0.3, 0.4) is 0 Å². The summed E-state index contributed by atoms with van der Waals surface area (Å²) < 4.78 is 22.7. The van der Waals surface area contributed by atoms with Gasteiger partial charge in [0.2, 0.25) is 0 Å². The first-order chi connectivity index (χ1) is 19.0. The average Bonchev–Trinajstić information content (AvgIpc) is 2.96. The average molecular weight is 567 g/mol. The summed E-state index contributed by atoms with van der Waals surface area (Å²) in [5, 5.41) is 16.4. The van der Waals surface area contributed by atoms with E-state index in [0.29, 0.717) is 56.4 Å². The van der Waals surface area contributed by atoms with Crippen molar-refractivity contribution in [1.82, 2.24) is 9.88 Å². The van der Waals surface area contributed by atoms with Gasteiger partial charge in [-0.05, 0) is 36.8 Å². The number of aromatic nitrogens is 1. The fourth-order valence-corrected chi connectivity index (χ4v) is 5.28. The molecular formula is C29H28Cl2N4O4. The van der Waals surface area contributed by atoms with Gasteiger partial charge in [0.1, 0.15) is 11.8 Å². The molecule has 1 N–H and O–H groups in total. The topological polar surface area (TPSA) is 88.9 Å². The molecule has 0 spiro atoms. The van der Waals surface area contributed by atoms with Crippen LogP contribution < -0.4 is 19.5 Å². The summed E-state index contributed by atoms with van der Waals surface area (Å²) in [6, 6.07) is 13.3. The molecule has 5 rings (SSSR count). The van der Waals surface area contributed by atoms with Gasteiger partial charge in [0.05, 0.1) is 66.5 Å². The number of ether oxygens (including phenoxy) is 4. The van der Waals surface area contributed by atoms with Gasteiger partial charge in [0, 0.05) is 48.1 Å². The monoisotopic (exact) mass is 566 g/mol. The van der Waals surface area contributed by atoms with Crippen LogP contribution in [-0.2, 0) is 4.74 Å². The molecule has 1 aromatic heterocycles. The van der Waals surface area contributed by atoms with Gasteiger partial charge in [-0.3, -0.25) is 9.88 Å². The van der Waals surface area contributed by atoms with Crippen molar-refractivity contribution in [1.29, 1.82) is 5.26 Å². The van der Waals surface area contributed by atoms with E-state index in [9.17, 15) is 5.26 Å². The van der Waals surface area contributed by atoms with Crippen LogP contribution in [-0.4, -0.2) is 63.6 Å². The highest BCUT2D eigenvalue weighted by Gasteiger charge is 2.18.